The Morgan fingerprint density at radius 2 is 1.79 bits per heavy atom. The van der Waals surface area contributed by atoms with Crippen LogP contribution in [0, 0.1) is 6.92 Å². The summed E-state index contributed by atoms with van der Waals surface area (Å²) in [6.45, 7) is 10.3. The van der Waals surface area contributed by atoms with Crippen LogP contribution in [0.2, 0.25) is 0 Å². The minimum atomic E-state index is -0.0820. The highest BCUT2D eigenvalue weighted by molar-refractivity contribution is 14.0. The average Bonchev–Trinajstić information content (AvgIpc) is 3.13. The van der Waals surface area contributed by atoms with Crippen LogP contribution in [0.1, 0.15) is 47.3 Å². The normalized spacial score (nSPS) is 11.6. The number of hydrogen-bond donors (Lipinski definition) is 3. The zero-order valence-corrected chi connectivity index (χ0v) is 21.0. The zero-order chi connectivity index (χ0) is 20.6. The second-order valence-electron chi connectivity index (χ2n) is 7.31. The van der Waals surface area contributed by atoms with Crippen LogP contribution in [0.4, 0.5) is 0 Å². The van der Waals surface area contributed by atoms with E-state index in [2.05, 4.69) is 71.0 Å². The Kier molecular flexibility index (Phi) is 10.6. The lowest BCUT2D eigenvalue weighted by molar-refractivity contribution is 0.0957. The first-order valence-electron chi connectivity index (χ1n) is 9.59. The number of carbonyl (C=O) groups excluding carboxylic acids is 1. The van der Waals surface area contributed by atoms with E-state index >= 15 is 0 Å². The molecule has 1 aromatic heterocycles. The van der Waals surface area contributed by atoms with Crippen molar-refractivity contribution in [3.63, 3.8) is 0 Å². The number of thiazole rings is 1. The molecule has 8 heteroatoms. The van der Waals surface area contributed by atoms with Crippen LogP contribution in [0.5, 0.6) is 0 Å². The van der Waals surface area contributed by atoms with Crippen molar-refractivity contribution in [1.29, 1.82) is 0 Å². The van der Waals surface area contributed by atoms with Crippen molar-refractivity contribution in [2.45, 2.75) is 39.5 Å². The van der Waals surface area contributed by atoms with E-state index in [0.717, 1.165) is 24.6 Å². The summed E-state index contributed by atoms with van der Waals surface area (Å²) < 4.78 is 0. The molecule has 1 heterocycles. The van der Waals surface area contributed by atoms with Crippen LogP contribution < -0.4 is 16.0 Å². The molecule has 2 rings (SSSR count). The van der Waals surface area contributed by atoms with Gasteiger partial charge in [0, 0.05) is 32.1 Å². The van der Waals surface area contributed by atoms with Gasteiger partial charge in [0.1, 0.15) is 4.88 Å². The molecule has 29 heavy (non-hydrogen) atoms. The van der Waals surface area contributed by atoms with E-state index in [1.807, 2.05) is 6.92 Å². The molecule has 0 atom stereocenters. The third-order valence-corrected chi connectivity index (χ3v) is 5.65. The van der Waals surface area contributed by atoms with Crippen molar-refractivity contribution in [2.24, 2.45) is 4.99 Å². The second-order valence-corrected chi connectivity index (χ2v) is 8.16. The number of carbonyl (C=O) groups is 1. The number of guanidine groups is 1. The van der Waals surface area contributed by atoms with Gasteiger partial charge in [0.2, 0.25) is 0 Å². The van der Waals surface area contributed by atoms with Gasteiger partial charge < -0.3 is 16.0 Å². The van der Waals surface area contributed by atoms with E-state index < -0.39 is 0 Å². The highest BCUT2D eigenvalue weighted by Crippen LogP contribution is 2.22. The van der Waals surface area contributed by atoms with Gasteiger partial charge in [-0.3, -0.25) is 9.79 Å². The molecular formula is C21H32IN5OS. The molecule has 0 radical (unpaired) electrons. The van der Waals surface area contributed by atoms with Crippen molar-refractivity contribution in [2.75, 3.05) is 26.7 Å². The molecular weight excluding hydrogens is 497 g/mol. The Morgan fingerprint density at radius 3 is 2.34 bits per heavy atom. The molecule has 0 aliphatic heterocycles. The predicted molar refractivity (Wildman–Crippen MR) is 133 cm³/mol. The van der Waals surface area contributed by atoms with E-state index in [1.54, 1.807) is 12.6 Å². The number of nitrogens with one attached hydrogen (secondary N) is 3. The van der Waals surface area contributed by atoms with Gasteiger partial charge >= 0.3 is 0 Å². The Morgan fingerprint density at radius 1 is 1.14 bits per heavy atom. The molecule has 0 aliphatic carbocycles. The summed E-state index contributed by atoms with van der Waals surface area (Å²) in [5.74, 6) is 0.642. The van der Waals surface area contributed by atoms with Crippen LogP contribution in [-0.4, -0.2) is 43.5 Å². The summed E-state index contributed by atoms with van der Waals surface area (Å²) in [6, 6.07) is 8.79. The van der Waals surface area contributed by atoms with Crippen LogP contribution in [-0.2, 0) is 11.8 Å². The minimum absolute atomic E-state index is 0. The summed E-state index contributed by atoms with van der Waals surface area (Å²) in [4.78, 5) is 21.1. The Labute approximate surface area is 195 Å². The van der Waals surface area contributed by atoms with Crippen molar-refractivity contribution in [3.8, 4) is 0 Å². The van der Waals surface area contributed by atoms with Crippen molar-refractivity contribution >= 4 is 47.2 Å². The lowest BCUT2D eigenvalue weighted by Crippen LogP contribution is -2.45. The SMILES string of the molecule is CCc1ccc(C(C)(C)CNC(=NC)NCCNC(=O)c2scnc2C)cc1.I. The number of rotatable bonds is 8. The fraction of sp³-hybridized carbons (Fsp3) is 0.476. The molecule has 0 bridgehead atoms. The van der Waals surface area contributed by atoms with Gasteiger partial charge in [0.25, 0.3) is 5.91 Å². The number of nitrogens with zero attached hydrogens (tertiary/aromatic N) is 2. The molecule has 1 aromatic carbocycles. The van der Waals surface area contributed by atoms with Crippen molar-refractivity contribution < 1.29 is 4.79 Å². The number of benzene rings is 1. The second kappa shape index (κ2) is 12.1. The first-order valence-corrected chi connectivity index (χ1v) is 10.5. The molecule has 1 amide bonds. The maximum Gasteiger partial charge on any atom is 0.263 e. The van der Waals surface area contributed by atoms with E-state index in [4.69, 9.17) is 0 Å². The fourth-order valence-corrected chi connectivity index (χ4v) is 3.49. The van der Waals surface area contributed by atoms with Crippen LogP contribution in [0.25, 0.3) is 0 Å². The third-order valence-electron chi connectivity index (χ3n) is 4.72. The zero-order valence-electron chi connectivity index (χ0n) is 17.8. The minimum Gasteiger partial charge on any atom is -0.356 e. The molecule has 160 valence electrons. The molecule has 0 fully saturated rings. The Hall–Kier alpha value is -1.68. The maximum atomic E-state index is 12.1. The maximum absolute atomic E-state index is 12.1. The molecule has 0 aliphatic rings. The van der Waals surface area contributed by atoms with E-state index in [9.17, 15) is 4.79 Å². The monoisotopic (exact) mass is 529 g/mol. The fourth-order valence-electron chi connectivity index (χ4n) is 2.78. The molecule has 0 saturated heterocycles. The first-order chi connectivity index (χ1) is 13.4. The van der Waals surface area contributed by atoms with Gasteiger partial charge in [-0.2, -0.15) is 0 Å². The molecule has 0 unspecified atom stereocenters. The van der Waals surface area contributed by atoms with Gasteiger partial charge in [-0.25, -0.2) is 4.98 Å². The summed E-state index contributed by atoms with van der Waals surface area (Å²) >= 11 is 1.36. The predicted octanol–water partition coefficient (Wildman–Crippen LogP) is 3.50. The number of aliphatic imine (C=N–C) groups is 1. The number of aryl methyl sites for hydroxylation is 2. The molecule has 0 saturated carbocycles. The Bertz CT molecular complexity index is 802. The quantitative estimate of drug-likeness (QED) is 0.212. The molecule has 2 aromatic rings. The topological polar surface area (TPSA) is 78.4 Å². The molecule has 3 N–H and O–H groups in total. The summed E-state index contributed by atoms with van der Waals surface area (Å²) in [5, 5.41) is 9.52. The summed E-state index contributed by atoms with van der Waals surface area (Å²) in [7, 11) is 1.75. The largest absolute Gasteiger partial charge is 0.356 e. The molecule has 0 spiro atoms. The lowest BCUT2D eigenvalue weighted by atomic mass is 9.84. The average molecular weight is 529 g/mol. The van der Waals surface area contributed by atoms with E-state index in [-0.39, 0.29) is 35.3 Å². The lowest BCUT2D eigenvalue weighted by Gasteiger charge is -2.27. The van der Waals surface area contributed by atoms with Gasteiger partial charge in [0.15, 0.2) is 5.96 Å². The molecule has 6 nitrogen and oxygen atoms in total. The van der Waals surface area contributed by atoms with Crippen LogP contribution >= 0.6 is 35.3 Å². The number of hydrogen-bond acceptors (Lipinski definition) is 4. The first kappa shape index (κ1) is 25.4. The third kappa shape index (κ3) is 7.58. The summed E-state index contributed by atoms with van der Waals surface area (Å²) in [5.41, 5.74) is 5.07. The number of halogens is 1. The van der Waals surface area contributed by atoms with Crippen molar-refractivity contribution in [3.05, 3.63) is 51.5 Å². The number of aromatic nitrogens is 1. The van der Waals surface area contributed by atoms with Crippen LogP contribution in [0.3, 0.4) is 0 Å². The van der Waals surface area contributed by atoms with Gasteiger partial charge in [-0.1, -0.05) is 45.0 Å². The van der Waals surface area contributed by atoms with E-state index in [1.165, 1.54) is 22.5 Å². The highest BCUT2D eigenvalue weighted by Gasteiger charge is 2.20. The summed E-state index contributed by atoms with van der Waals surface area (Å²) in [6.07, 6.45) is 1.05. The van der Waals surface area contributed by atoms with Crippen molar-refractivity contribution in [1.82, 2.24) is 20.9 Å². The van der Waals surface area contributed by atoms with Crippen LogP contribution in [0.15, 0.2) is 34.8 Å². The Balaban J connectivity index is 0.00000420. The van der Waals surface area contributed by atoms with Gasteiger partial charge in [-0.15, -0.1) is 35.3 Å². The number of amides is 1. The standard InChI is InChI=1S/C21H31N5OS.HI/c1-6-16-7-9-17(10-8-16)21(3,4)13-25-20(22-5)24-12-11-23-19(27)18-15(2)26-14-28-18;/h7-10,14H,6,11-13H2,1-5H3,(H,23,27)(H2,22,24,25);1H. The van der Waals surface area contributed by atoms with Gasteiger partial charge in [0.05, 0.1) is 11.2 Å². The smallest absolute Gasteiger partial charge is 0.263 e. The van der Waals surface area contributed by atoms with Gasteiger partial charge in [-0.05, 0) is 24.5 Å². The van der Waals surface area contributed by atoms with E-state index in [0.29, 0.717) is 18.0 Å². The highest BCUT2D eigenvalue weighted by atomic mass is 127.